The smallest absolute Gasteiger partial charge is 0.137 e. The summed E-state index contributed by atoms with van der Waals surface area (Å²) >= 11 is 6.61. The van der Waals surface area contributed by atoms with E-state index < -0.39 is 0 Å². The third-order valence-electron chi connectivity index (χ3n) is 5.64. The minimum Gasteiger partial charge on any atom is -0.265 e. The highest BCUT2D eigenvalue weighted by atomic mass is 35.5. The molecule has 5 aromatic rings. The lowest BCUT2D eigenvalue weighted by Crippen LogP contribution is -2.06. The summed E-state index contributed by atoms with van der Waals surface area (Å²) in [5.74, 6) is 0.00357. The van der Waals surface area contributed by atoms with Crippen LogP contribution in [0.3, 0.4) is 0 Å². The molecule has 4 heteroatoms. The molecule has 31 heavy (non-hydrogen) atoms. The van der Waals surface area contributed by atoms with E-state index in [2.05, 4.69) is 53.3 Å². The lowest BCUT2D eigenvalue weighted by Gasteiger charge is -2.19. The minimum atomic E-state index is 0.00357. The van der Waals surface area contributed by atoms with Crippen molar-refractivity contribution in [2.45, 2.75) is 12.8 Å². The van der Waals surface area contributed by atoms with E-state index in [0.29, 0.717) is 5.15 Å². The zero-order valence-corrected chi connectivity index (χ0v) is 17.8. The van der Waals surface area contributed by atoms with Gasteiger partial charge in [-0.05, 0) is 65.6 Å². The summed E-state index contributed by atoms with van der Waals surface area (Å²) in [6.45, 7) is 2.12. The van der Waals surface area contributed by atoms with Crippen molar-refractivity contribution in [1.82, 2.24) is 15.0 Å². The van der Waals surface area contributed by atoms with Gasteiger partial charge in [0, 0.05) is 29.5 Å². The highest BCUT2D eigenvalue weighted by molar-refractivity contribution is 6.33. The Kier molecular flexibility index (Phi) is 5.19. The second-order valence-corrected chi connectivity index (χ2v) is 7.87. The third-order valence-corrected chi connectivity index (χ3v) is 5.92. The van der Waals surface area contributed by atoms with Crippen LogP contribution in [-0.4, -0.2) is 15.0 Å². The summed E-state index contributed by atoms with van der Waals surface area (Å²) in [6, 6.07) is 26.7. The summed E-state index contributed by atoms with van der Waals surface area (Å²) in [7, 11) is 0. The zero-order chi connectivity index (χ0) is 21.2. The number of hydrogen-bond acceptors (Lipinski definition) is 3. The van der Waals surface area contributed by atoms with E-state index in [1.807, 2.05) is 61.1 Å². The number of pyridine rings is 3. The fraction of sp³-hybridized carbons (Fsp3) is 0.0741. The molecule has 1 unspecified atom stereocenters. The van der Waals surface area contributed by atoms with E-state index in [1.54, 1.807) is 0 Å². The summed E-state index contributed by atoms with van der Waals surface area (Å²) in [6.07, 6.45) is 5.49. The highest BCUT2D eigenvalue weighted by Crippen LogP contribution is 2.37. The van der Waals surface area contributed by atoms with Crippen LogP contribution in [0.2, 0.25) is 5.15 Å². The maximum absolute atomic E-state index is 6.61. The molecule has 3 heterocycles. The second-order valence-electron chi connectivity index (χ2n) is 7.51. The van der Waals surface area contributed by atoms with Crippen molar-refractivity contribution in [3.8, 4) is 11.1 Å². The maximum Gasteiger partial charge on any atom is 0.137 e. The van der Waals surface area contributed by atoms with Gasteiger partial charge in [0.15, 0.2) is 0 Å². The molecule has 0 bridgehead atoms. The molecular weight excluding hydrogens is 402 g/mol. The van der Waals surface area contributed by atoms with E-state index in [-0.39, 0.29) is 5.92 Å². The number of rotatable bonds is 4. The number of aryl methyl sites for hydroxylation is 1. The quantitative estimate of drug-likeness (QED) is 0.298. The van der Waals surface area contributed by atoms with Crippen LogP contribution in [0.4, 0.5) is 0 Å². The highest BCUT2D eigenvalue weighted by Gasteiger charge is 2.20. The van der Waals surface area contributed by atoms with Gasteiger partial charge in [0.05, 0.1) is 17.1 Å². The molecule has 150 valence electrons. The fourth-order valence-electron chi connectivity index (χ4n) is 4.16. The minimum absolute atomic E-state index is 0.00357. The first-order valence-corrected chi connectivity index (χ1v) is 10.6. The summed E-state index contributed by atoms with van der Waals surface area (Å²) in [5.41, 5.74) is 7.36. The zero-order valence-electron chi connectivity index (χ0n) is 17.0. The van der Waals surface area contributed by atoms with Gasteiger partial charge in [0.25, 0.3) is 0 Å². The van der Waals surface area contributed by atoms with Gasteiger partial charge in [0.2, 0.25) is 0 Å². The molecule has 0 spiro atoms. The number of benzene rings is 2. The van der Waals surface area contributed by atoms with E-state index in [4.69, 9.17) is 16.6 Å². The Hall–Kier alpha value is -3.56. The predicted octanol–water partition coefficient (Wildman–Crippen LogP) is 6.83. The Morgan fingerprint density at radius 2 is 1.55 bits per heavy atom. The average Bonchev–Trinajstić information content (AvgIpc) is 2.82. The first-order chi connectivity index (χ1) is 15.2. The van der Waals surface area contributed by atoms with E-state index in [0.717, 1.165) is 44.4 Å². The molecule has 0 aliphatic heterocycles. The average molecular weight is 422 g/mol. The SMILES string of the molecule is Cc1c(-c2ccccc2)c(Cl)nc2ccc(C(c3ccncc3)c3ccccn3)cc12. The van der Waals surface area contributed by atoms with Crippen molar-refractivity contribution in [3.63, 3.8) is 0 Å². The van der Waals surface area contributed by atoms with Crippen molar-refractivity contribution < 1.29 is 0 Å². The predicted molar refractivity (Wildman–Crippen MR) is 126 cm³/mol. The van der Waals surface area contributed by atoms with Crippen LogP contribution in [0.15, 0.2) is 97.5 Å². The van der Waals surface area contributed by atoms with Gasteiger partial charge in [-0.2, -0.15) is 0 Å². The monoisotopic (exact) mass is 421 g/mol. The third kappa shape index (κ3) is 3.69. The Bertz CT molecular complexity index is 1300. The largest absolute Gasteiger partial charge is 0.265 e. The van der Waals surface area contributed by atoms with Gasteiger partial charge < -0.3 is 0 Å². The molecule has 0 saturated heterocycles. The summed E-state index contributed by atoms with van der Waals surface area (Å²) in [4.78, 5) is 13.5. The van der Waals surface area contributed by atoms with Gasteiger partial charge in [-0.1, -0.05) is 54.1 Å². The summed E-state index contributed by atoms with van der Waals surface area (Å²) in [5, 5.41) is 1.62. The van der Waals surface area contributed by atoms with Crippen LogP contribution in [0.1, 0.15) is 28.3 Å². The van der Waals surface area contributed by atoms with E-state index in [1.165, 1.54) is 0 Å². The lowest BCUT2D eigenvalue weighted by atomic mass is 9.87. The number of halogens is 1. The molecular formula is C27H20ClN3. The molecule has 3 nitrogen and oxygen atoms in total. The molecule has 0 saturated carbocycles. The maximum atomic E-state index is 6.61. The first-order valence-electron chi connectivity index (χ1n) is 10.2. The van der Waals surface area contributed by atoms with Crippen molar-refractivity contribution >= 4 is 22.5 Å². The van der Waals surface area contributed by atoms with Crippen LogP contribution in [0.5, 0.6) is 0 Å². The van der Waals surface area contributed by atoms with Gasteiger partial charge in [-0.25, -0.2) is 4.98 Å². The molecule has 2 aromatic carbocycles. The van der Waals surface area contributed by atoms with E-state index >= 15 is 0 Å². The number of fused-ring (bicyclic) bond motifs is 1. The molecule has 0 aliphatic rings. The van der Waals surface area contributed by atoms with Crippen LogP contribution < -0.4 is 0 Å². The van der Waals surface area contributed by atoms with Gasteiger partial charge in [0.1, 0.15) is 5.15 Å². The number of nitrogens with zero attached hydrogens (tertiary/aromatic N) is 3. The molecule has 0 fully saturated rings. The van der Waals surface area contributed by atoms with Crippen molar-refractivity contribution in [2.24, 2.45) is 0 Å². The standard InChI is InChI=1S/C27H20ClN3/c1-18-22-17-21(26(20-12-15-29-16-13-20)24-9-5-6-14-30-24)10-11-23(22)31-27(28)25(18)19-7-3-2-4-8-19/h2-17,26H,1H3. The molecule has 0 N–H and O–H groups in total. The Labute approximate surface area is 186 Å². The Balaban J connectivity index is 1.73. The second kappa shape index (κ2) is 8.29. The molecule has 5 rings (SSSR count). The molecule has 1 atom stereocenters. The summed E-state index contributed by atoms with van der Waals surface area (Å²) < 4.78 is 0. The van der Waals surface area contributed by atoms with Crippen LogP contribution in [0.25, 0.3) is 22.0 Å². The lowest BCUT2D eigenvalue weighted by molar-refractivity contribution is 0.916. The van der Waals surface area contributed by atoms with Gasteiger partial charge in [-0.3, -0.25) is 9.97 Å². The van der Waals surface area contributed by atoms with Crippen molar-refractivity contribution in [1.29, 1.82) is 0 Å². The normalized spacial score (nSPS) is 12.1. The Morgan fingerprint density at radius 1 is 0.774 bits per heavy atom. The van der Waals surface area contributed by atoms with E-state index in [9.17, 15) is 0 Å². The fourth-order valence-corrected chi connectivity index (χ4v) is 4.50. The number of hydrogen-bond donors (Lipinski definition) is 0. The van der Waals surface area contributed by atoms with Gasteiger partial charge in [-0.15, -0.1) is 0 Å². The topological polar surface area (TPSA) is 38.7 Å². The molecule has 0 aliphatic carbocycles. The molecule has 0 amide bonds. The van der Waals surface area contributed by atoms with Crippen LogP contribution >= 0.6 is 11.6 Å². The van der Waals surface area contributed by atoms with Crippen LogP contribution in [-0.2, 0) is 0 Å². The molecule has 3 aromatic heterocycles. The van der Waals surface area contributed by atoms with Crippen molar-refractivity contribution in [3.05, 3.63) is 125 Å². The number of aromatic nitrogens is 3. The van der Waals surface area contributed by atoms with Crippen molar-refractivity contribution in [2.75, 3.05) is 0 Å². The molecule has 0 radical (unpaired) electrons. The Morgan fingerprint density at radius 3 is 2.29 bits per heavy atom. The van der Waals surface area contributed by atoms with Gasteiger partial charge >= 0.3 is 0 Å². The van der Waals surface area contributed by atoms with Crippen LogP contribution in [0, 0.1) is 6.92 Å². The first kappa shape index (κ1) is 19.4.